The van der Waals surface area contributed by atoms with E-state index >= 15 is 0 Å². The molecule has 0 bridgehead atoms. The number of benzene rings is 1. The van der Waals surface area contributed by atoms with Gasteiger partial charge in [-0.25, -0.2) is 0 Å². The van der Waals surface area contributed by atoms with Crippen molar-refractivity contribution in [2.75, 3.05) is 35.7 Å². The van der Waals surface area contributed by atoms with Crippen molar-refractivity contribution < 1.29 is 9.84 Å². The molecule has 0 saturated carbocycles. The molecule has 1 N–H and O–H groups in total. The SMILES string of the molecule is CN=C(SCCCCCCOCCO)N(I)c1ccccc1. The van der Waals surface area contributed by atoms with Gasteiger partial charge >= 0.3 is 0 Å². The number of halogens is 1. The highest BCUT2D eigenvalue weighted by Crippen LogP contribution is 2.23. The lowest BCUT2D eigenvalue weighted by atomic mass is 10.2. The molecule has 4 nitrogen and oxygen atoms in total. The van der Waals surface area contributed by atoms with E-state index in [0.29, 0.717) is 6.61 Å². The zero-order chi connectivity index (χ0) is 16.0. The van der Waals surface area contributed by atoms with Crippen LogP contribution in [0.15, 0.2) is 35.3 Å². The predicted molar refractivity (Wildman–Crippen MR) is 105 cm³/mol. The fourth-order valence-corrected chi connectivity index (χ4v) is 3.70. The van der Waals surface area contributed by atoms with Crippen LogP contribution in [-0.2, 0) is 4.74 Å². The van der Waals surface area contributed by atoms with Crippen LogP contribution in [-0.4, -0.2) is 42.9 Å². The molecule has 1 rings (SSSR count). The molecule has 0 aromatic heterocycles. The fraction of sp³-hybridized carbons (Fsp3) is 0.562. The predicted octanol–water partition coefficient (Wildman–Crippen LogP) is 4.13. The zero-order valence-corrected chi connectivity index (χ0v) is 16.1. The van der Waals surface area contributed by atoms with Crippen LogP contribution in [0.5, 0.6) is 0 Å². The minimum atomic E-state index is 0.115. The Morgan fingerprint density at radius 3 is 2.59 bits per heavy atom. The van der Waals surface area contributed by atoms with Crippen molar-refractivity contribution in [2.24, 2.45) is 4.99 Å². The normalized spacial score (nSPS) is 11.7. The molecule has 124 valence electrons. The van der Waals surface area contributed by atoms with Gasteiger partial charge in [-0.05, 0) is 25.0 Å². The summed E-state index contributed by atoms with van der Waals surface area (Å²) in [5.41, 5.74) is 1.15. The van der Waals surface area contributed by atoms with Crippen molar-refractivity contribution in [3.05, 3.63) is 30.3 Å². The van der Waals surface area contributed by atoms with Crippen molar-refractivity contribution in [2.45, 2.75) is 25.7 Å². The number of hydrogen-bond donors (Lipinski definition) is 1. The molecule has 22 heavy (non-hydrogen) atoms. The summed E-state index contributed by atoms with van der Waals surface area (Å²) in [6.07, 6.45) is 4.64. The summed E-state index contributed by atoms with van der Waals surface area (Å²) in [4.78, 5) is 4.39. The molecule has 1 aromatic rings. The third-order valence-corrected chi connectivity index (χ3v) is 5.45. The Morgan fingerprint density at radius 1 is 1.18 bits per heavy atom. The second kappa shape index (κ2) is 13.2. The minimum Gasteiger partial charge on any atom is -0.394 e. The van der Waals surface area contributed by atoms with Gasteiger partial charge < -0.3 is 9.84 Å². The first-order chi connectivity index (χ1) is 10.8. The van der Waals surface area contributed by atoms with E-state index in [0.717, 1.165) is 29.6 Å². The standard InChI is InChI=1S/C16H25IN2O2S/c1-18-16(19(17)15-9-5-4-6-10-15)22-14-8-3-2-7-12-21-13-11-20/h4-6,9-10,20H,2-3,7-8,11-14H2,1H3. The molecular formula is C16H25IN2O2S. The summed E-state index contributed by atoms with van der Waals surface area (Å²) in [5, 5.41) is 9.64. The van der Waals surface area contributed by atoms with Crippen LogP contribution in [0.4, 0.5) is 5.69 Å². The van der Waals surface area contributed by atoms with Gasteiger partial charge in [0.2, 0.25) is 0 Å². The number of anilines is 1. The Morgan fingerprint density at radius 2 is 1.91 bits per heavy atom. The molecule has 0 aliphatic rings. The second-order valence-corrected chi connectivity index (χ2v) is 6.75. The number of aliphatic imine (C=N–C) groups is 1. The van der Waals surface area contributed by atoms with Crippen molar-refractivity contribution in [3.8, 4) is 0 Å². The molecule has 0 saturated heterocycles. The Kier molecular flexibility index (Phi) is 11.8. The minimum absolute atomic E-state index is 0.115. The summed E-state index contributed by atoms with van der Waals surface area (Å²) in [6.45, 7) is 1.33. The van der Waals surface area contributed by atoms with Gasteiger partial charge in [-0.1, -0.05) is 42.8 Å². The van der Waals surface area contributed by atoms with E-state index in [1.54, 1.807) is 11.8 Å². The fourth-order valence-electron chi connectivity index (χ4n) is 1.87. The van der Waals surface area contributed by atoms with Crippen LogP contribution in [0, 0.1) is 0 Å². The highest BCUT2D eigenvalue weighted by Gasteiger charge is 2.09. The van der Waals surface area contributed by atoms with E-state index in [-0.39, 0.29) is 6.61 Å². The third-order valence-electron chi connectivity index (χ3n) is 2.99. The van der Waals surface area contributed by atoms with E-state index in [2.05, 4.69) is 43.1 Å². The van der Waals surface area contributed by atoms with Crippen LogP contribution in [0.3, 0.4) is 0 Å². The number of ether oxygens (including phenoxy) is 1. The van der Waals surface area contributed by atoms with Gasteiger partial charge in [0, 0.05) is 19.4 Å². The summed E-state index contributed by atoms with van der Waals surface area (Å²) >= 11 is 4.10. The number of aliphatic hydroxyl groups excluding tert-OH is 1. The number of hydrogen-bond acceptors (Lipinski definition) is 4. The smallest absolute Gasteiger partial charge is 0.172 e. The first-order valence-corrected chi connectivity index (χ1v) is 9.53. The summed E-state index contributed by atoms with van der Waals surface area (Å²) < 4.78 is 7.35. The average Bonchev–Trinajstić information content (AvgIpc) is 2.57. The second-order valence-electron chi connectivity index (χ2n) is 4.72. The van der Waals surface area contributed by atoms with Gasteiger partial charge in [0.1, 0.15) is 0 Å². The lowest BCUT2D eigenvalue weighted by molar-refractivity contribution is 0.0896. The molecule has 0 spiro atoms. The number of amidine groups is 1. The van der Waals surface area contributed by atoms with Crippen LogP contribution in [0.25, 0.3) is 0 Å². The van der Waals surface area contributed by atoms with Crippen LogP contribution in [0.1, 0.15) is 25.7 Å². The molecule has 0 radical (unpaired) electrons. The summed E-state index contributed by atoms with van der Waals surface area (Å²) in [6, 6.07) is 10.3. The first kappa shape index (κ1) is 19.7. The summed E-state index contributed by atoms with van der Waals surface area (Å²) in [7, 11) is 1.84. The average molecular weight is 436 g/mol. The quantitative estimate of drug-likeness (QED) is 0.197. The maximum Gasteiger partial charge on any atom is 0.172 e. The number of unbranched alkanes of at least 4 members (excludes halogenated alkanes) is 3. The Bertz CT molecular complexity index is 418. The molecule has 0 atom stereocenters. The number of thioether (sulfide) groups is 1. The van der Waals surface area contributed by atoms with Gasteiger partial charge in [-0.2, -0.15) is 0 Å². The van der Waals surface area contributed by atoms with E-state index in [1.165, 1.54) is 19.3 Å². The van der Waals surface area contributed by atoms with E-state index in [4.69, 9.17) is 9.84 Å². The van der Waals surface area contributed by atoms with E-state index < -0.39 is 0 Å². The molecule has 0 unspecified atom stereocenters. The zero-order valence-electron chi connectivity index (χ0n) is 13.1. The van der Waals surface area contributed by atoms with Crippen LogP contribution in [0.2, 0.25) is 0 Å². The molecule has 0 aliphatic carbocycles. The molecule has 0 amide bonds. The Balaban J connectivity index is 2.14. The highest BCUT2D eigenvalue weighted by atomic mass is 127. The Labute approximate surface area is 151 Å². The maximum absolute atomic E-state index is 8.60. The highest BCUT2D eigenvalue weighted by molar-refractivity contribution is 14.1. The number of nitrogens with zero attached hydrogens (tertiary/aromatic N) is 2. The van der Waals surface area contributed by atoms with E-state index in [1.807, 2.05) is 25.2 Å². The Hall–Kier alpha value is -0.310. The molecule has 1 aromatic carbocycles. The lowest BCUT2D eigenvalue weighted by Crippen LogP contribution is -2.17. The number of rotatable bonds is 10. The summed E-state index contributed by atoms with van der Waals surface area (Å²) in [5.74, 6) is 1.08. The lowest BCUT2D eigenvalue weighted by Gasteiger charge is -2.17. The van der Waals surface area contributed by atoms with Crippen molar-refractivity contribution >= 4 is 45.5 Å². The maximum atomic E-state index is 8.60. The monoisotopic (exact) mass is 436 g/mol. The van der Waals surface area contributed by atoms with Crippen molar-refractivity contribution in [3.63, 3.8) is 0 Å². The van der Waals surface area contributed by atoms with Gasteiger partial charge in [0.05, 0.1) is 41.8 Å². The van der Waals surface area contributed by atoms with Gasteiger partial charge in [0.15, 0.2) is 5.17 Å². The molecule has 0 heterocycles. The number of para-hydroxylation sites is 1. The molecular weight excluding hydrogens is 411 g/mol. The molecule has 6 heteroatoms. The molecule has 0 aliphatic heterocycles. The van der Waals surface area contributed by atoms with Crippen molar-refractivity contribution in [1.29, 1.82) is 0 Å². The van der Waals surface area contributed by atoms with Crippen LogP contribution < -0.4 is 3.11 Å². The van der Waals surface area contributed by atoms with Crippen LogP contribution >= 0.6 is 34.6 Å². The largest absolute Gasteiger partial charge is 0.394 e. The third kappa shape index (κ3) is 8.36. The first-order valence-electron chi connectivity index (χ1n) is 7.58. The van der Waals surface area contributed by atoms with Gasteiger partial charge in [0.25, 0.3) is 0 Å². The topological polar surface area (TPSA) is 45.1 Å². The van der Waals surface area contributed by atoms with E-state index in [9.17, 15) is 0 Å². The number of aliphatic hydroxyl groups is 1. The van der Waals surface area contributed by atoms with Gasteiger partial charge in [-0.3, -0.25) is 8.11 Å². The molecule has 0 fully saturated rings. The van der Waals surface area contributed by atoms with Crippen molar-refractivity contribution in [1.82, 2.24) is 0 Å². The van der Waals surface area contributed by atoms with Gasteiger partial charge in [-0.15, -0.1) is 0 Å².